The molecule has 0 amide bonds. The van der Waals surface area contributed by atoms with Crippen molar-refractivity contribution in [1.82, 2.24) is 19.7 Å². The Morgan fingerprint density at radius 2 is 2.05 bits per heavy atom. The van der Waals surface area contributed by atoms with Gasteiger partial charge >= 0.3 is 0 Å². The first kappa shape index (κ1) is 13.1. The van der Waals surface area contributed by atoms with Gasteiger partial charge in [0.2, 0.25) is 0 Å². The molecule has 0 fully saturated rings. The van der Waals surface area contributed by atoms with Crippen molar-refractivity contribution in [3.8, 4) is 5.69 Å². The van der Waals surface area contributed by atoms with E-state index in [9.17, 15) is 0 Å². The number of thiol groups is 1. The summed E-state index contributed by atoms with van der Waals surface area (Å²) in [5, 5.41) is 18.6. The molecule has 3 rings (SSSR count). The van der Waals surface area contributed by atoms with E-state index in [4.69, 9.17) is 5.11 Å². The van der Waals surface area contributed by atoms with Crippen LogP contribution in [0.5, 0.6) is 0 Å². The largest absolute Gasteiger partial charge is 0.396 e. The average molecular weight is 286 g/mol. The molecule has 0 aliphatic rings. The Kier molecular flexibility index (Phi) is 3.66. The van der Waals surface area contributed by atoms with Crippen LogP contribution in [0.25, 0.3) is 16.6 Å². The minimum Gasteiger partial charge on any atom is -0.396 e. The summed E-state index contributed by atoms with van der Waals surface area (Å²) in [4.78, 5) is 4.44. The van der Waals surface area contributed by atoms with Crippen molar-refractivity contribution < 1.29 is 5.11 Å². The lowest BCUT2D eigenvalue weighted by atomic mass is 10.2. The topological polar surface area (TPSA) is 63.8 Å². The van der Waals surface area contributed by atoms with Gasteiger partial charge < -0.3 is 5.11 Å². The quantitative estimate of drug-likeness (QED) is 0.720. The van der Waals surface area contributed by atoms with Crippen LogP contribution in [0.4, 0.5) is 0 Å². The molecule has 102 valence electrons. The van der Waals surface area contributed by atoms with E-state index in [2.05, 4.69) is 27.8 Å². The van der Waals surface area contributed by atoms with Crippen LogP contribution in [-0.4, -0.2) is 31.5 Å². The van der Waals surface area contributed by atoms with Gasteiger partial charge in [0.15, 0.2) is 5.16 Å². The maximum absolute atomic E-state index is 8.95. The first-order valence-electron chi connectivity index (χ1n) is 6.39. The standard InChI is InChI=1S/C14H14N4OS/c19-7-3-6-13-16-17-14(20)18(13)11-8-10-4-1-2-5-12(10)15-9-11/h1-2,4-5,8-9,19H,3,6-7H2,(H,17,20). The van der Waals surface area contributed by atoms with Gasteiger partial charge in [0.05, 0.1) is 17.4 Å². The molecule has 2 heterocycles. The molecule has 6 heteroatoms. The van der Waals surface area contributed by atoms with Gasteiger partial charge in [-0.2, -0.15) is 0 Å². The molecule has 0 atom stereocenters. The summed E-state index contributed by atoms with van der Waals surface area (Å²) < 4.78 is 1.86. The molecule has 0 aliphatic heterocycles. The zero-order valence-corrected chi connectivity index (χ0v) is 11.7. The molecule has 1 aromatic carbocycles. The van der Waals surface area contributed by atoms with Gasteiger partial charge in [0, 0.05) is 18.4 Å². The molecular weight excluding hydrogens is 272 g/mol. The van der Waals surface area contributed by atoms with Crippen molar-refractivity contribution in [2.24, 2.45) is 0 Å². The van der Waals surface area contributed by atoms with Crippen molar-refractivity contribution in [2.75, 3.05) is 6.61 Å². The minimum absolute atomic E-state index is 0.130. The van der Waals surface area contributed by atoms with Gasteiger partial charge in [-0.15, -0.1) is 22.8 Å². The minimum atomic E-state index is 0.130. The van der Waals surface area contributed by atoms with Crippen LogP contribution < -0.4 is 0 Å². The summed E-state index contributed by atoms with van der Waals surface area (Å²) in [7, 11) is 0. The van der Waals surface area contributed by atoms with Gasteiger partial charge in [0.25, 0.3) is 0 Å². The SMILES string of the molecule is OCCCc1nnc(S)n1-c1cnc2ccccc2c1. The van der Waals surface area contributed by atoms with Gasteiger partial charge in [-0.05, 0) is 18.6 Å². The Morgan fingerprint density at radius 1 is 1.20 bits per heavy atom. The van der Waals surface area contributed by atoms with Crippen molar-refractivity contribution in [3.05, 3.63) is 42.4 Å². The molecule has 5 nitrogen and oxygen atoms in total. The lowest BCUT2D eigenvalue weighted by molar-refractivity contribution is 0.287. The van der Waals surface area contributed by atoms with E-state index in [-0.39, 0.29) is 6.61 Å². The zero-order chi connectivity index (χ0) is 13.9. The summed E-state index contributed by atoms with van der Waals surface area (Å²) in [5.41, 5.74) is 1.83. The molecule has 1 N–H and O–H groups in total. The van der Waals surface area contributed by atoms with Crippen LogP contribution in [-0.2, 0) is 6.42 Å². The number of aliphatic hydroxyl groups excluding tert-OH is 1. The van der Waals surface area contributed by atoms with Crippen LogP contribution in [0.2, 0.25) is 0 Å². The van der Waals surface area contributed by atoms with E-state index < -0.39 is 0 Å². The number of pyridine rings is 1. The third-order valence-corrected chi connectivity index (χ3v) is 3.40. The predicted octanol–water partition coefficient (Wildman–Crippen LogP) is 2.03. The average Bonchev–Trinajstić information content (AvgIpc) is 2.85. The second kappa shape index (κ2) is 5.60. The number of rotatable bonds is 4. The zero-order valence-electron chi connectivity index (χ0n) is 10.8. The van der Waals surface area contributed by atoms with E-state index in [1.807, 2.05) is 34.9 Å². The number of benzene rings is 1. The lowest BCUT2D eigenvalue weighted by Gasteiger charge is -2.08. The van der Waals surface area contributed by atoms with E-state index in [0.717, 1.165) is 22.4 Å². The third-order valence-electron chi connectivity index (χ3n) is 3.11. The molecule has 0 saturated heterocycles. The van der Waals surface area contributed by atoms with Crippen molar-refractivity contribution in [3.63, 3.8) is 0 Å². The van der Waals surface area contributed by atoms with Gasteiger partial charge in [-0.1, -0.05) is 18.2 Å². The molecule has 3 aromatic rings. The number of fused-ring (bicyclic) bond motifs is 1. The fourth-order valence-corrected chi connectivity index (χ4v) is 2.43. The first-order chi connectivity index (χ1) is 9.79. The third kappa shape index (κ3) is 2.39. The number of hydrogen-bond acceptors (Lipinski definition) is 5. The highest BCUT2D eigenvalue weighted by Crippen LogP contribution is 2.20. The van der Waals surface area contributed by atoms with Crippen molar-refractivity contribution >= 4 is 23.5 Å². The molecule has 2 aromatic heterocycles. The van der Waals surface area contributed by atoms with Crippen LogP contribution in [0.1, 0.15) is 12.2 Å². The highest BCUT2D eigenvalue weighted by Gasteiger charge is 2.11. The van der Waals surface area contributed by atoms with Crippen LogP contribution in [0, 0.1) is 0 Å². The predicted molar refractivity (Wildman–Crippen MR) is 79.3 cm³/mol. The monoisotopic (exact) mass is 286 g/mol. The second-order valence-corrected chi connectivity index (χ2v) is 4.87. The Morgan fingerprint density at radius 3 is 2.90 bits per heavy atom. The van der Waals surface area contributed by atoms with Gasteiger partial charge in [0.1, 0.15) is 5.82 Å². The van der Waals surface area contributed by atoms with Crippen LogP contribution >= 0.6 is 12.6 Å². The van der Waals surface area contributed by atoms with Crippen LogP contribution in [0.15, 0.2) is 41.7 Å². The number of aliphatic hydroxyl groups is 1. The molecule has 0 spiro atoms. The smallest absolute Gasteiger partial charge is 0.192 e. The maximum Gasteiger partial charge on any atom is 0.192 e. The molecular formula is C14H14N4OS. The number of aromatic nitrogens is 4. The molecule has 0 radical (unpaired) electrons. The number of nitrogens with zero attached hydrogens (tertiary/aromatic N) is 4. The van der Waals surface area contributed by atoms with Crippen molar-refractivity contribution in [1.29, 1.82) is 0 Å². The van der Waals surface area contributed by atoms with E-state index in [1.54, 1.807) is 6.20 Å². The van der Waals surface area contributed by atoms with Gasteiger partial charge in [-0.3, -0.25) is 9.55 Å². The Hall–Kier alpha value is -1.92. The highest BCUT2D eigenvalue weighted by molar-refractivity contribution is 7.80. The molecule has 0 unspecified atom stereocenters. The van der Waals surface area contributed by atoms with E-state index >= 15 is 0 Å². The second-order valence-electron chi connectivity index (χ2n) is 4.47. The fourth-order valence-electron chi connectivity index (χ4n) is 2.15. The van der Waals surface area contributed by atoms with E-state index in [0.29, 0.717) is 18.0 Å². The first-order valence-corrected chi connectivity index (χ1v) is 6.83. The van der Waals surface area contributed by atoms with E-state index in [1.165, 1.54) is 0 Å². The molecule has 0 bridgehead atoms. The Bertz CT molecular complexity index is 741. The highest BCUT2D eigenvalue weighted by atomic mass is 32.1. The number of hydrogen-bond donors (Lipinski definition) is 2. The maximum atomic E-state index is 8.95. The Balaban J connectivity index is 2.08. The number of aryl methyl sites for hydroxylation is 1. The summed E-state index contributed by atoms with van der Waals surface area (Å²) in [6.45, 7) is 0.130. The normalized spacial score (nSPS) is 11.1. The van der Waals surface area contributed by atoms with Crippen LogP contribution in [0.3, 0.4) is 0 Å². The summed E-state index contributed by atoms with van der Waals surface area (Å²) >= 11 is 4.35. The molecule has 0 saturated carbocycles. The summed E-state index contributed by atoms with van der Waals surface area (Å²) in [6.07, 6.45) is 3.08. The fraction of sp³-hybridized carbons (Fsp3) is 0.214. The summed E-state index contributed by atoms with van der Waals surface area (Å²) in [5.74, 6) is 0.779. The summed E-state index contributed by atoms with van der Waals surface area (Å²) in [6, 6.07) is 9.97. The molecule has 20 heavy (non-hydrogen) atoms. The van der Waals surface area contributed by atoms with Gasteiger partial charge in [-0.25, -0.2) is 0 Å². The molecule has 0 aliphatic carbocycles. The van der Waals surface area contributed by atoms with Crippen molar-refractivity contribution in [2.45, 2.75) is 18.0 Å². The lowest BCUT2D eigenvalue weighted by Crippen LogP contribution is -2.03. The number of para-hydroxylation sites is 1. The Labute approximate surface area is 121 Å².